The minimum atomic E-state index is -0.399. The summed E-state index contributed by atoms with van der Waals surface area (Å²) in [5, 5.41) is 2.56. The van der Waals surface area contributed by atoms with E-state index in [1.807, 2.05) is 0 Å². The summed E-state index contributed by atoms with van der Waals surface area (Å²) in [7, 11) is 0. The normalized spacial score (nSPS) is 12.1. The number of H-pyrrole nitrogens is 1. The summed E-state index contributed by atoms with van der Waals surface area (Å²) in [5.41, 5.74) is 5.26. The van der Waals surface area contributed by atoms with Crippen LogP contribution in [0.15, 0.2) is 23.3 Å². The predicted octanol–water partition coefficient (Wildman–Crippen LogP) is -0.548. The third kappa shape index (κ3) is 2.70. The van der Waals surface area contributed by atoms with Crippen molar-refractivity contribution < 1.29 is 4.79 Å². The number of hydrogen-bond donors (Lipinski definition) is 3. The maximum Gasteiger partial charge on any atom is 0.256 e. The highest BCUT2D eigenvalue weighted by Gasteiger charge is 2.08. The molecule has 4 N–H and O–H groups in total. The molecule has 0 aliphatic rings. The fourth-order valence-electron chi connectivity index (χ4n) is 0.943. The van der Waals surface area contributed by atoms with E-state index in [-0.39, 0.29) is 17.0 Å². The Labute approximate surface area is 81.3 Å². The number of aromatic amines is 1. The standard InChI is InChI=1S/C9H13N3O2/c1-6(10)4-12-9(14)7-5-11-3-2-8(7)13/h2-3,5-6H,4,10H2,1H3,(H,11,13)(H,12,14). The molecule has 1 rings (SSSR count). The van der Waals surface area contributed by atoms with Crippen molar-refractivity contribution in [2.75, 3.05) is 6.54 Å². The number of carbonyl (C=O) groups excluding carboxylic acids is 1. The van der Waals surface area contributed by atoms with Crippen LogP contribution in [-0.2, 0) is 0 Å². The molecule has 76 valence electrons. The van der Waals surface area contributed by atoms with Gasteiger partial charge in [-0.15, -0.1) is 0 Å². The molecule has 1 heterocycles. The molecule has 1 amide bonds. The van der Waals surface area contributed by atoms with Crippen molar-refractivity contribution in [1.82, 2.24) is 10.3 Å². The van der Waals surface area contributed by atoms with Gasteiger partial charge < -0.3 is 16.0 Å². The zero-order valence-corrected chi connectivity index (χ0v) is 7.91. The minimum Gasteiger partial charge on any atom is -0.367 e. The van der Waals surface area contributed by atoms with Crippen LogP contribution in [0.4, 0.5) is 0 Å². The van der Waals surface area contributed by atoms with Crippen LogP contribution in [0, 0.1) is 0 Å². The van der Waals surface area contributed by atoms with E-state index in [9.17, 15) is 9.59 Å². The first-order valence-corrected chi connectivity index (χ1v) is 4.32. The van der Waals surface area contributed by atoms with E-state index >= 15 is 0 Å². The molecule has 0 saturated carbocycles. The maximum absolute atomic E-state index is 11.4. The highest BCUT2D eigenvalue weighted by molar-refractivity contribution is 5.93. The van der Waals surface area contributed by atoms with Gasteiger partial charge >= 0.3 is 0 Å². The van der Waals surface area contributed by atoms with Gasteiger partial charge in [0.1, 0.15) is 5.56 Å². The molecule has 5 heteroatoms. The summed E-state index contributed by atoms with van der Waals surface area (Å²) >= 11 is 0. The van der Waals surface area contributed by atoms with Crippen molar-refractivity contribution in [1.29, 1.82) is 0 Å². The molecular formula is C9H13N3O2. The third-order valence-corrected chi connectivity index (χ3v) is 1.65. The zero-order valence-electron chi connectivity index (χ0n) is 7.91. The summed E-state index contributed by atoms with van der Waals surface area (Å²) in [4.78, 5) is 25.3. The van der Waals surface area contributed by atoms with Crippen molar-refractivity contribution in [3.63, 3.8) is 0 Å². The Balaban J connectivity index is 2.71. The smallest absolute Gasteiger partial charge is 0.256 e. The molecule has 0 aliphatic heterocycles. The van der Waals surface area contributed by atoms with Crippen molar-refractivity contribution >= 4 is 5.91 Å². The highest BCUT2D eigenvalue weighted by Crippen LogP contribution is 1.87. The van der Waals surface area contributed by atoms with Crippen LogP contribution in [0.5, 0.6) is 0 Å². The van der Waals surface area contributed by atoms with Crippen LogP contribution < -0.4 is 16.5 Å². The number of nitrogens with two attached hydrogens (primary N) is 1. The molecule has 0 bridgehead atoms. The van der Waals surface area contributed by atoms with Gasteiger partial charge in [0.2, 0.25) is 0 Å². The van der Waals surface area contributed by atoms with E-state index < -0.39 is 5.91 Å². The predicted molar refractivity (Wildman–Crippen MR) is 53.0 cm³/mol. The lowest BCUT2D eigenvalue weighted by Gasteiger charge is -2.06. The van der Waals surface area contributed by atoms with Crippen LogP contribution in [0.2, 0.25) is 0 Å². The molecule has 14 heavy (non-hydrogen) atoms. The van der Waals surface area contributed by atoms with Crippen LogP contribution in [0.25, 0.3) is 0 Å². The first kappa shape index (κ1) is 10.5. The second-order valence-corrected chi connectivity index (χ2v) is 3.11. The fraction of sp³-hybridized carbons (Fsp3) is 0.333. The lowest BCUT2D eigenvalue weighted by molar-refractivity contribution is 0.0950. The van der Waals surface area contributed by atoms with Gasteiger partial charge in [0, 0.05) is 31.0 Å². The number of aromatic nitrogens is 1. The third-order valence-electron chi connectivity index (χ3n) is 1.65. The summed E-state index contributed by atoms with van der Waals surface area (Å²) in [6.07, 6.45) is 2.85. The number of pyridine rings is 1. The van der Waals surface area contributed by atoms with Gasteiger partial charge in [-0.25, -0.2) is 0 Å². The molecule has 0 radical (unpaired) electrons. The summed E-state index contributed by atoms with van der Waals surface area (Å²) in [6.45, 7) is 2.13. The van der Waals surface area contributed by atoms with E-state index in [2.05, 4.69) is 10.3 Å². The monoisotopic (exact) mass is 195 g/mol. The molecule has 5 nitrogen and oxygen atoms in total. The summed E-state index contributed by atoms with van der Waals surface area (Å²) in [6, 6.07) is 1.18. The van der Waals surface area contributed by atoms with Crippen molar-refractivity contribution in [2.24, 2.45) is 5.73 Å². The Bertz CT molecular complexity index is 370. The number of carbonyl (C=O) groups is 1. The number of rotatable bonds is 3. The second-order valence-electron chi connectivity index (χ2n) is 3.11. The second kappa shape index (κ2) is 4.57. The Morgan fingerprint density at radius 1 is 1.71 bits per heavy atom. The molecule has 0 aromatic carbocycles. The van der Waals surface area contributed by atoms with Gasteiger partial charge in [-0.1, -0.05) is 0 Å². The fourth-order valence-corrected chi connectivity index (χ4v) is 0.943. The van der Waals surface area contributed by atoms with E-state index in [1.165, 1.54) is 18.5 Å². The molecule has 1 atom stereocenters. The van der Waals surface area contributed by atoms with E-state index in [0.717, 1.165) is 0 Å². The molecule has 0 aliphatic carbocycles. The van der Waals surface area contributed by atoms with Gasteiger partial charge in [-0.3, -0.25) is 9.59 Å². The molecule has 0 fully saturated rings. The first-order valence-electron chi connectivity index (χ1n) is 4.32. The van der Waals surface area contributed by atoms with Crippen LogP contribution in [0.1, 0.15) is 17.3 Å². The van der Waals surface area contributed by atoms with Crippen LogP contribution >= 0.6 is 0 Å². The largest absolute Gasteiger partial charge is 0.367 e. The molecule has 1 aromatic heterocycles. The molecular weight excluding hydrogens is 182 g/mol. The van der Waals surface area contributed by atoms with Gasteiger partial charge in [-0.2, -0.15) is 0 Å². The van der Waals surface area contributed by atoms with Gasteiger partial charge in [-0.05, 0) is 6.92 Å². The Kier molecular flexibility index (Phi) is 3.41. The molecule has 0 saturated heterocycles. The van der Waals surface area contributed by atoms with Crippen molar-refractivity contribution in [3.05, 3.63) is 34.2 Å². The maximum atomic E-state index is 11.4. The first-order chi connectivity index (χ1) is 6.61. The Morgan fingerprint density at radius 2 is 2.43 bits per heavy atom. The number of nitrogens with one attached hydrogen (secondary N) is 2. The summed E-state index contributed by atoms with van der Waals surface area (Å²) < 4.78 is 0. The van der Waals surface area contributed by atoms with Crippen LogP contribution in [0.3, 0.4) is 0 Å². The lowest BCUT2D eigenvalue weighted by Crippen LogP contribution is -2.37. The average molecular weight is 195 g/mol. The number of hydrogen-bond acceptors (Lipinski definition) is 3. The molecule has 1 unspecified atom stereocenters. The quantitative estimate of drug-likeness (QED) is 0.604. The topological polar surface area (TPSA) is 88.0 Å². The Morgan fingerprint density at radius 3 is 3.00 bits per heavy atom. The van der Waals surface area contributed by atoms with Crippen LogP contribution in [-0.4, -0.2) is 23.5 Å². The van der Waals surface area contributed by atoms with Gasteiger partial charge in [0.25, 0.3) is 5.91 Å². The van der Waals surface area contributed by atoms with Crippen molar-refractivity contribution in [2.45, 2.75) is 13.0 Å². The number of amides is 1. The summed E-state index contributed by atoms with van der Waals surface area (Å²) in [5.74, 6) is -0.399. The lowest BCUT2D eigenvalue weighted by atomic mass is 10.2. The average Bonchev–Trinajstić information content (AvgIpc) is 2.15. The van der Waals surface area contributed by atoms with E-state index in [0.29, 0.717) is 6.54 Å². The Hall–Kier alpha value is -1.62. The molecule has 1 aromatic rings. The van der Waals surface area contributed by atoms with Crippen molar-refractivity contribution in [3.8, 4) is 0 Å². The van der Waals surface area contributed by atoms with E-state index in [4.69, 9.17) is 5.73 Å². The minimum absolute atomic E-state index is 0.105. The van der Waals surface area contributed by atoms with Gasteiger partial charge in [0.05, 0.1) is 0 Å². The zero-order chi connectivity index (χ0) is 10.6. The van der Waals surface area contributed by atoms with E-state index in [1.54, 1.807) is 6.92 Å². The van der Waals surface area contributed by atoms with Gasteiger partial charge in [0.15, 0.2) is 5.43 Å². The molecule has 0 spiro atoms. The highest BCUT2D eigenvalue weighted by atomic mass is 16.2. The SMILES string of the molecule is CC(N)CNC(=O)c1c[nH]ccc1=O.